The molecule has 104 valence electrons. The van der Waals surface area contributed by atoms with E-state index in [4.69, 9.17) is 4.74 Å². The van der Waals surface area contributed by atoms with Gasteiger partial charge in [-0.2, -0.15) is 0 Å². The van der Waals surface area contributed by atoms with E-state index in [0.29, 0.717) is 17.0 Å². The van der Waals surface area contributed by atoms with E-state index < -0.39 is 6.67 Å². The maximum atomic E-state index is 12.5. The lowest BCUT2D eigenvalue weighted by Gasteiger charge is -2.11. The van der Waals surface area contributed by atoms with Crippen LogP contribution in [0.1, 0.15) is 10.4 Å². The molecule has 1 aliphatic rings. The van der Waals surface area contributed by atoms with Gasteiger partial charge in [0, 0.05) is 11.6 Å². The van der Waals surface area contributed by atoms with Crippen molar-refractivity contribution in [3.8, 4) is 17.1 Å². The van der Waals surface area contributed by atoms with Gasteiger partial charge in [0.15, 0.2) is 0 Å². The molecule has 4 rings (SSSR count). The normalized spacial score (nSPS) is 12.5. The molecule has 0 aliphatic carbocycles. The minimum Gasteiger partial charge on any atom is -0.489 e. The first-order valence-corrected chi connectivity index (χ1v) is 6.65. The first-order chi connectivity index (χ1) is 10.3. The standard InChI is InChI=1S/C16H11FN2O2/c17-7-9-21-15-10-4-1-2-5-11(10)18-14-12-6-3-8-19(12)16(20)13(14)15/h1-6,8H,7,9H2. The van der Waals surface area contributed by atoms with E-state index in [-0.39, 0.29) is 12.5 Å². The van der Waals surface area contributed by atoms with Gasteiger partial charge in [-0.3, -0.25) is 9.36 Å². The maximum Gasteiger partial charge on any atom is 0.268 e. The predicted molar refractivity (Wildman–Crippen MR) is 76.4 cm³/mol. The van der Waals surface area contributed by atoms with E-state index in [0.717, 1.165) is 16.6 Å². The van der Waals surface area contributed by atoms with Crippen LogP contribution in [-0.4, -0.2) is 28.7 Å². The van der Waals surface area contributed by atoms with E-state index in [1.54, 1.807) is 16.8 Å². The second-order valence-electron chi connectivity index (χ2n) is 4.79. The molecule has 0 unspecified atom stereocenters. The van der Waals surface area contributed by atoms with Gasteiger partial charge < -0.3 is 4.74 Å². The summed E-state index contributed by atoms with van der Waals surface area (Å²) in [5.41, 5.74) is 2.48. The average Bonchev–Trinajstić information content (AvgIpc) is 3.08. The Balaban J connectivity index is 2.06. The van der Waals surface area contributed by atoms with Crippen LogP contribution in [0.5, 0.6) is 5.75 Å². The largest absolute Gasteiger partial charge is 0.489 e. The number of fused-ring (bicyclic) bond motifs is 4. The summed E-state index contributed by atoms with van der Waals surface area (Å²) in [5.74, 6) is 0.235. The van der Waals surface area contributed by atoms with Gasteiger partial charge in [-0.1, -0.05) is 12.1 Å². The molecule has 0 atom stereocenters. The minimum atomic E-state index is -0.605. The summed E-state index contributed by atoms with van der Waals surface area (Å²) in [4.78, 5) is 17.1. The molecule has 0 spiro atoms. The number of nitrogens with zero attached hydrogens (tertiary/aromatic N) is 2. The van der Waals surface area contributed by atoms with Gasteiger partial charge in [-0.25, -0.2) is 9.37 Å². The summed E-state index contributed by atoms with van der Waals surface area (Å²) in [5, 5.41) is 0.726. The Hall–Kier alpha value is -2.69. The zero-order valence-corrected chi connectivity index (χ0v) is 11.0. The summed E-state index contributed by atoms with van der Waals surface area (Å²) in [6.07, 6.45) is 1.70. The summed E-state index contributed by atoms with van der Waals surface area (Å²) in [6, 6.07) is 11.0. The van der Waals surface area contributed by atoms with E-state index in [1.807, 2.05) is 30.3 Å². The van der Waals surface area contributed by atoms with Crippen molar-refractivity contribution in [3.63, 3.8) is 0 Å². The highest BCUT2D eigenvalue weighted by molar-refractivity contribution is 6.13. The highest BCUT2D eigenvalue weighted by atomic mass is 19.1. The molecule has 21 heavy (non-hydrogen) atoms. The molecule has 0 bridgehead atoms. The molecule has 0 amide bonds. The Morgan fingerprint density at radius 3 is 2.90 bits per heavy atom. The van der Waals surface area contributed by atoms with Gasteiger partial charge in [-0.15, -0.1) is 0 Å². The van der Waals surface area contributed by atoms with Crippen molar-refractivity contribution in [2.75, 3.05) is 13.3 Å². The molecule has 3 aromatic rings. The van der Waals surface area contributed by atoms with Crippen LogP contribution in [0.25, 0.3) is 22.3 Å². The number of ether oxygens (including phenoxy) is 1. The third-order valence-electron chi connectivity index (χ3n) is 3.59. The van der Waals surface area contributed by atoms with Crippen molar-refractivity contribution < 1.29 is 13.9 Å². The molecule has 0 radical (unpaired) electrons. The van der Waals surface area contributed by atoms with Crippen LogP contribution in [0.2, 0.25) is 0 Å². The van der Waals surface area contributed by atoms with Crippen LogP contribution >= 0.6 is 0 Å². The van der Waals surface area contributed by atoms with Gasteiger partial charge in [0.05, 0.1) is 11.2 Å². The first kappa shape index (κ1) is 12.1. The molecule has 0 N–H and O–H groups in total. The Bertz CT molecular complexity index is 870. The van der Waals surface area contributed by atoms with E-state index in [9.17, 15) is 9.18 Å². The molecule has 0 saturated carbocycles. The fourth-order valence-electron chi connectivity index (χ4n) is 2.73. The number of alkyl halides is 1. The van der Waals surface area contributed by atoms with Crippen LogP contribution in [0.3, 0.4) is 0 Å². The third kappa shape index (κ3) is 1.60. The molecule has 2 aromatic heterocycles. The Morgan fingerprint density at radius 1 is 1.19 bits per heavy atom. The van der Waals surface area contributed by atoms with Crippen molar-refractivity contribution in [2.24, 2.45) is 0 Å². The smallest absolute Gasteiger partial charge is 0.268 e. The predicted octanol–water partition coefficient (Wildman–Crippen LogP) is 3.05. The summed E-state index contributed by atoms with van der Waals surface area (Å²) in [7, 11) is 0. The van der Waals surface area contributed by atoms with Gasteiger partial charge in [0.1, 0.15) is 30.3 Å². The van der Waals surface area contributed by atoms with Gasteiger partial charge >= 0.3 is 0 Å². The van der Waals surface area contributed by atoms with Crippen molar-refractivity contribution in [1.82, 2.24) is 9.55 Å². The molecule has 3 heterocycles. The minimum absolute atomic E-state index is 0.0807. The highest BCUT2D eigenvalue weighted by Gasteiger charge is 2.32. The van der Waals surface area contributed by atoms with Crippen LogP contribution in [0.15, 0.2) is 42.6 Å². The fraction of sp³-hybridized carbons (Fsp3) is 0.125. The van der Waals surface area contributed by atoms with Gasteiger partial charge in [0.2, 0.25) is 0 Å². The second kappa shape index (κ2) is 4.41. The van der Waals surface area contributed by atoms with Gasteiger partial charge in [-0.05, 0) is 24.3 Å². The quantitative estimate of drug-likeness (QED) is 0.580. The molecular formula is C16H11FN2O2. The molecule has 1 aliphatic heterocycles. The fourth-order valence-corrected chi connectivity index (χ4v) is 2.73. The topological polar surface area (TPSA) is 44.1 Å². The number of hydrogen-bond donors (Lipinski definition) is 0. The number of halogens is 1. The van der Waals surface area contributed by atoms with Crippen LogP contribution in [0.4, 0.5) is 4.39 Å². The molecule has 1 aromatic carbocycles. The lowest BCUT2D eigenvalue weighted by atomic mass is 10.1. The Kier molecular flexibility index (Phi) is 2.54. The lowest BCUT2D eigenvalue weighted by molar-refractivity contribution is 0.0965. The zero-order valence-electron chi connectivity index (χ0n) is 11.0. The number of rotatable bonds is 3. The Morgan fingerprint density at radius 2 is 2.05 bits per heavy atom. The van der Waals surface area contributed by atoms with Crippen molar-refractivity contribution in [1.29, 1.82) is 0 Å². The Labute approximate surface area is 119 Å². The summed E-state index contributed by atoms with van der Waals surface area (Å²) < 4.78 is 19.6. The summed E-state index contributed by atoms with van der Waals surface area (Å²) >= 11 is 0. The van der Waals surface area contributed by atoms with Crippen LogP contribution < -0.4 is 4.74 Å². The van der Waals surface area contributed by atoms with E-state index in [2.05, 4.69) is 4.98 Å². The molecule has 0 saturated heterocycles. The molecular weight excluding hydrogens is 271 g/mol. The maximum absolute atomic E-state index is 12.5. The van der Waals surface area contributed by atoms with E-state index >= 15 is 0 Å². The van der Waals surface area contributed by atoms with E-state index in [1.165, 1.54) is 0 Å². The van der Waals surface area contributed by atoms with Crippen molar-refractivity contribution >= 4 is 16.8 Å². The molecule has 0 fully saturated rings. The third-order valence-corrected chi connectivity index (χ3v) is 3.59. The molecule has 4 nitrogen and oxygen atoms in total. The monoisotopic (exact) mass is 282 g/mol. The van der Waals surface area contributed by atoms with Crippen molar-refractivity contribution in [2.45, 2.75) is 0 Å². The zero-order chi connectivity index (χ0) is 14.4. The number of benzene rings is 1. The number of para-hydroxylation sites is 1. The highest BCUT2D eigenvalue weighted by Crippen LogP contribution is 2.40. The van der Waals surface area contributed by atoms with Gasteiger partial charge in [0.25, 0.3) is 5.91 Å². The van der Waals surface area contributed by atoms with Crippen LogP contribution in [0, 0.1) is 0 Å². The second-order valence-corrected chi connectivity index (χ2v) is 4.79. The SMILES string of the molecule is O=C1c2c(nc3ccccc3c2OCCF)-c2cccn21. The molecule has 5 heteroatoms. The number of carbonyl (C=O) groups is 1. The summed E-state index contributed by atoms with van der Waals surface area (Å²) in [6.45, 7) is -0.686. The number of aromatic nitrogens is 2. The number of pyridine rings is 1. The van der Waals surface area contributed by atoms with Crippen LogP contribution in [-0.2, 0) is 0 Å². The average molecular weight is 282 g/mol. The number of carbonyl (C=O) groups excluding carboxylic acids is 1. The van der Waals surface area contributed by atoms with Crippen molar-refractivity contribution in [3.05, 3.63) is 48.2 Å². The first-order valence-electron chi connectivity index (χ1n) is 6.65. The number of hydrogen-bond acceptors (Lipinski definition) is 3. The lowest BCUT2D eigenvalue weighted by Crippen LogP contribution is -2.09.